The molecule has 1 aliphatic heterocycles. The molecule has 0 saturated carbocycles. The molecular formula is C22H27ClFN9O. The van der Waals surface area contributed by atoms with Gasteiger partial charge in [0.2, 0.25) is 0 Å². The maximum absolute atomic E-state index is 14.8. The van der Waals surface area contributed by atoms with E-state index in [0.29, 0.717) is 11.3 Å². The molecule has 0 unspecified atom stereocenters. The fourth-order valence-electron chi connectivity index (χ4n) is 3.42. The summed E-state index contributed by atoms with van der Waals surface area (Å²) >= 11 is 5.97. The normalized spacial score (nSPS) is 13.6. The van der Waals surface area contributed by atoms with Crippen molar-refractivity contribution in [3.8, 4) is 11.1 Å². The second-order valence-electron chi connectivity index (χ2n) is 7.45. The van der Waals surface area contributed by atoms with Crippen molar-refractivity contribution in [2.75, 3.05) is 18.4 Å². The molecular weight excluding hydrogens is 461 g/mol. The van der Waals surface area contributed by atoms with Crippen LogP contribution >= 0.6 is 11.6 Å². The van der Waals surface area contributed by atoms with E-state index in [1.807, 2.05) is 0 Å². The number of halogens is 2. The van der Waals surface area contributed by atoms with Crippen LogP contribution in [0.1, 0.15) is 35.3 Å². The van der Waals surface area contributed by atoms with E-state index in [2.05, 4.69) is 31.2 Å². The first-order valence-electron chi connectivity index (χ1n) is 10.7. The summed E-state index contributed by atoms with van der Waals surface area (Å²) in [5, 5.41) is 13.7. The molecule has 0 spiro atoms. The Morgan fingerprint density at radius 3 is 2.56 bits per heavy atom. The molecule has 1 aliphatic rings. The van der Waals surface area contributed by atoms with E-state index < -0.39 is 11.7 Å². The minimum absolute atomic E-state index is 0.0954. The van der Waals surface area contributed by atoms with Crippen molar-refractivity contribution in [1.29, 1.82) is 0 Å². The molecule has 180 valence electrons. The van der Waals surface area contributed by atoms with Crippen molar-refractivity contribution in [3.05, 3.63) is 64.8 Å². The Labute approximate surface area is 201 Å². The number of hydrazine groups is 1. The number of hydrazone groups is 1. The molecule has 3 heterocycles. The van der Waals surface area contributed by atoms with E-state index in [1.54, 1.807) is 19.2 Å². The Balaban J connectivity index is 0.000000469. The second-order valence-corrected chi connectivity index (χ2v) is 7.85. The van der Waals surface area contributed by atoms with Gasteiger partial charge in [0.15, 0.2) is 11.7 Å². The minimum atomic E-state index is -0.637. The van der Waals surface area contributed by atoms with E-state index in [1.165, 1.54) is 61.6 Å². The number of hydrogen-bond donors (Lipinski definition) is 5. The zero-order chi connectivity index (χ0) is 24.5. The van der Waals surface area contributed by atoms with Crippen LogP contribution in [0.4, 0.5) is 10.2 Å². The molecule has 7 N–H and O–H groups in total. The average Bonchev–Trinajstić information content (AvgIpc) is 3.23. The molecule has 10 nitrogen and oxygen atoms in total. The molecule has 3 aromatic rings. The van der Waals surface area contributed by atoms with Gasteiger partial charge in [-0.15, -0.1) is 0 Å². The third-order valence-electron chi connectivity index (χ3n) is 5.15. The number of carbonyl (C=O) groups excluding carboxylic acids is 1. The van der Waals surface area contributed by atoms with Crippen molar-refractivity contribution in [2.24, 2.45) is 23.8 Å². The third-order valence-corrected chi connectivity index (χ3v) is 5.45. The number of carbonyl (C=O) groups is 1. The van der Waals surface area contributed by atoms with Gasteiger partial charge in [-0.2, -0.15) is 10.2 Å². The van der Waals surface area contributed by atoms with Gasteiger partial charge in [-0.3, -0.25) is 9.48 Å². The van der Waals surface area contributed by atoms with E-state index in [-0.39, 0.29) is 27.8 Å². The van der Waals surface area contributed by atoms with Crippen LogP contribution in [0.25, 0.3) is 11.1 Å². The van der Waals surface area contributed by atoms with Crippen molar-refractivity contribution in [1.82, 2.24) is 25.5 Å². The standard InChI is InChI=1S/C17H16ClFN8O.C5H11N/c1-27-14(16(25-20)26-21)11(8-23-27)10-5-4-9(7-13(10)19)17(28)24-15-12(18)3-2-6-22-15;1-2-4-6-5-3-1/h2-8H,20-21H2,1H3,(H,25,26)(H,22,24,28);6H,1-5H2. The maximum atomic E-state index is 14.8. The van der Waals surface area contributed by atoms with Crippen molar-refractivity contribution in [3.63, 3.8) is 0 Å². The summed E-state index contributed by atoms with van der Waals surface area (Å²) in [4.78, 5) is 16.4. The van der Waals surface area contributed by atoms with Gasteiger partial charge in [0.1, 0.15) is 11.5 Å². The smallest absolute Gasteiger partial charge is 0.256 e. The Morgan fingerprint density at radius 1 is 1.24 bits per heavy atom. The lowest BCUT2D eigenvalue weighted by Crippen LogP contribution is -2.34. The fourth-order valence-corrected chi connectivity index (χ4v) is 3.58. The first-order chi connectivity index (χ1) is 16.5. The van der Waals surface area contributed by atoms with Crippen molar-refractivity contribution >= 4 is 29.2 Å². The Bertz CT molecular complexity index is 1150. The molecule has 0 atom stereocenters. The molecule has 1 saturated heterocycles. The van der Waals surface area contributed by atoms with Gasteiger partial charge in [0.05, 0.1) is 11.2 Å². The van der Waals surface area contributed by atoms with Crippen LogP contribution in [-0.2, 0) is 7.05 Å². The van der Waals surface area contributed by atoms with Gasteiger partial charge in [-0.1, -0.05) is 24.1 Å². The highest BCUT2D eigenvalue weighted by Gasteiger charge is 2.20. The molecule has 1 amide bonds. The molecule has 34 heavy (non-hydrogen) atoms. The summed E-state index contributed by atoms with van der Waals surface area (Å²) in [6.45, 7) is 2.50. The largest absolute Gasteiger partial charge is 0.321 e. The molecule has 2 aromatic heterocycles. The summed E-state index contributed by atoms with van der Waals surface area (Å²) in [5.41, 5.74) is 3.44. The number of rotatable bonds is 4. The topological polar surface area (TPSA) is 148 Å². The number of anilines is 1. The number of piperidine rings is 1. The molecule has 0 radical (unpaired) electrons. The number of hydrogen-bond acceptors (Lipinski definition) is 7. The number of amidine groups is 1. The van der Waals surface area contributed by atoms with Crippen LogP contribution in [-0.4, -0.2) is 39.6 Å². The first kappa shape index (κ1) is 25.1. The van der Waals surface area contributed by atoms with E-state index >= 15 is 0 Å². The average molecular weight is 488 g/mol. The lowest BCUT2D eigenvalue weighted by atomic mass is 10.0. The Kier molecular flexibility index (Phi) is 8.91. The van der Waals surface area contributed by atoms with Gasteiger partial charge in [-0.05, 0) is 50.2 Å². The maximum Gasteiger partial charge on any atom is 0.256 e. The fraction of sp³-hybridized carbons (Fsp3) is 0.273. The summed E-state index contributed by atoms with van der Waals surface area (Å²) in [6.07, 6.45) is 7.15. The SMILES string of the molecule is C1CCNCC1.Cn1ncc(-c2ccc(C(=O)Nc3ncccc3Cl)cc2F)c1/C(=N/N)NN. The summed E-state index contributed by atoms with van der Waals surface area (Å²) < 4.78 is 16.2. The third kappa shape index (κ3) is 6.07. The van der Waals surface area contributed by atoms with Crippen LogP contribution in [0.2, 0.25) is 5.02 Å². The van der Waals surface area contributed by atoms with Gasteiger partial charge in [0.25, 0.3) is 5.91 Å². The number of aryl methyl sites for hydroxylation is 1. The molecule has 0 aliphatic carbocycles. The number of amides is 1. The van der Waals surface area contributed by atoms with Crippen LogP contribution in [0.3, 0.4) is 0 Å². The monoisotopic (exact) mass is 487 g/mol. The number of nitrogens with zero attached hydrogens (tertiary/aromatic N) is 4. The summed E-state index contributed by atoms with van der Waals surface area (Å²) in [6, 6.07) is 7.24. The van der Waals surface area contributed by atoms with Crippen LogP contribution < -0.4 is 27.7 Å². The first-order valence-corrected chi connectivity index (χ1v) is 11.0. The predicted molar refractivity (Wildman–Crippen MR) is 131 cm³/mol. The molecule has 0 bridgehead atoms. The van der Waals surface area contributed by atoms with E-state index in [4.69, 9.17) is 23.3 Å². The van der Waals surface area contributed by atoms with Crippen LogP contribution in [0.5, 0.6) is 0 Å². The molecule has 1 aromatic carbocycles. The lowest BCUT2D eigenvalue weighted by molar-refractivity contribution is 0.102. The Morgan fingerprint density at radius 2 is 2.00 bits per heavy atom. The highest BCUT2D eigenvalue weighted by molar-refractivity contribution is 6.33. The van der Waals surface area contributed by atoms with Crippen molar-refractivity contribution in [2.45, 2.75) is 19.3 Å². The molecule has 4 rings (SSSR count). The highest BCUT2D eigenvalue weighted by Crippen LogP contribution is 2.27. The number of benzene rings is 1. The van der Waals surface area contributed by atoms with Gasteiger partial charge in [0, 0.05) is 29.9 Å². The van der Waals surface area contributed by atoms with E-state index in [9.17, 15) is 9.18 Å². The number of aromatic nitrogens is 3. The quantitative estimate of drug-likeness (QED) is 0.164. The van der Waals surface area contributed by atoms with Crippen LogP contribution in [0.15, 0.2) is 47.8 Å². The van der Waals surface area contributed by atoms with E-state index in [0.717, 1.165) is 6.07 Å². The number of pyridine rings is 1. The van der Waals surface area contributed by atoms with Crippen molar-refractivity contribution < 1.29 is 9.18 Å². The highest BCUT2D eigenvalue weighted by atomic mass is 35.5. The lowest BCUT2D eigenvalue weighted by Gasteiger charge is -2.10. The molecule has 1 fully saturated rings. The number of nitrogens with two attached hydrogens (primary N) is 2. The van der Waals surface area contributed by atoms with Gasteiger partial charge < -0.3 is 21.9 Å². The minimum Gasteiger partial charge on any atom is -0.321 e. The summed E-state index contributed by atoms with van der Waals surface area (Å²) in [7, 11) is 1.64. The van der Waals surface area contributed by atoms with Gasteiger partial charge >= 0.3 is 0 Å². The van der Waals surface area contributed by atoms with Crippen LogP contribution in [0, 0.1) is 5.82 Å². The molecule has 12 heteroatoms. The number of nitrogens with one attached hydrogen (secondary N) is 3. The van der Waals surface area contributed by atoms with Gasteiger partial charge in [-0.25, -0.2) is 15.2 Å². The zero-order valence-corrected chi connectivity index (χ0v) is 19.4. The predicted octanol–water partition coefficient (Wildman–Crippen LogP) is 2.37. The Hall–Kier alpha value is -3.54. The zero-order valence-electron chi connectivity index (χ0n) is 18.7. The second kappa shape index (κ2) is 12.1. The summed E-state index contributed by atoms with van der Waals surface area (Å²) in [5.74, 6) is 9.86.